The lowest BCUT2D eigenvalue weighted by molar-refractivity contribution is -0.133. The standard InChI is InChI=1S/C14H18N2O5/c17-11-5-7-15(13(19)10-11)6-3-1-2-4-12(18)16-8-9-21-14(16)20/h5,7H,1-4,6,8-10H2. The topological polar surface area (TPSA) is 84.0 Å². The van der Waals surface area contributed by atoms with Crippen molar-refractivity contribution in [1.82, 2.24) is 9.80 Å². The average molecular weight is 294 g/mol. The Morgan fingerprint density at radius 2 is 2.00 bits per heavy atom. The first-order chi connectivity index (χ1) is 10.1. The van der Waals surface area contributed by atoms with Crippen LogP contribution in [0.4, 0.5) is 4.79 Å². The molecule has 2 aliphatic rings. The van der Waals surface area contributed by atoms with Crippen LogP contribution in [0.25, 0.3) is 0 Å². The van der Waals surface area contributed by atoms with Crippen molar-refractivity contribution in [2.75, 3.05) is 19.7 Å². The largest absolute Gasteiger partial charge is 0.447 e. The van der Waals surface area contributed by atoms with Crippen LogP contribution in [0.5, 0.6) is 0 Å². The van der Waals surface area contributed by atoms with Gasteiger partial charge in [-0.2, -0.15) is 0 Å². The molecule has 0 aromatic heterocycles. The van der Waals surface area contributed by atoms with E-state index in [0.717, 1.165) is 17.7 Å². The van der Waals surface area contributed by atoms with Gasteiger partial charge in [0, 0.05) is 19.2 Å². The molecule has 7 heteroatoms. The molecule has 2 rings (SSSR count). The Labute approximate surface area is 122 Å². The van der Waals surface area contributed by atoms with Gasteiger partial charge in [0.15, 0.2) is 5.78 Å². The molecule has 7 nitrogen and oxygen atoms in total. The van der Waals surface area contributed by atoms with E-state index in [-0.39, 0.29) is 30.6 Å². The molecule has 0 radical (unpaired) electrons. The molecule has 114 valence electrons. The van der Waals surface area contributed by atoms with E-state index in [1.807, 2.05) is 0 Å². The minimum Gasteiger partial charge on any atom is -0.447 e. The fraction of sp³-hybridized carbons (Fsp3) is 0.571. The molecule has 0 aliphatic carbocycles. The number of nitrogens with zero attached hydrogens (tertiary/aromatic N) is 2. The third kappa shape index (κ3) is 4.14. The van der Waals surface area contributed by atoms with E-state index < -0.39 is 6.09 Å². The van der Waals surface area contributed by atoms with Crippen LogP contribution >= 0.6 is 0 Å². The van der Waals surface area contributed by atoms with E-state index in [4.69, 9.17) is 4.74 Å². The summed E-state index contributed by atoms with van der Waals surface area (Å²) in [5.74, 6) is -0.560. The lowest BCUT2D eigenvalue weighted by atomic mass is 10.1. The molecule has 0 aromatic rings. The maximum Gasteiger partial charge on any atom is 0.416 e. The van der Waals surface area contributed by atoms with Crippen LogP contribution in [0, 0.1) is 0 Å². The second-order valence-corrected chi connectivity index (χ2v) is 5.02. The molecule has 0 N–H and O–H groups in total. The van der Waals surface area contributed by atoms with Gasteiger partial charge in [0.1, 0.15) is 6.61 Å². The molecule has 0 spiro atoms. The van der Waals surface area contributed by atoms with Crippen LogP contribution in [0.2, 0.25) is 0 Å². The Bertz CT molecular complexity index is 486. The fourth-order valence-corrected chi connectivity index (χ4v) is 2.26. The van der Waals surface area contributed by atoms with Gasteiger partial charge in [-0.25, -0.2) is 9.69 Å². The number of cyclic esters (lactones) is 1. The summed E-state index contributed by atoms with van der Waals surface area (Å²) < 4.78 is 4.70. The average Bonchev–Trinajstić information content (AvgIpc) is 2.86. The van der Waals surface area contributed by atoms with E-state index in [9.17, 15) is 19.2 Å². The Morgan fingerprint density at radius 3 is 2.67 bits per heavy atom. The molecule has 1 fully saturated rings. The first kappa shape index (κ1) is 15.2. The van der Waals surface area contributed by atoms with Crippen LogP contribution in [-0.4, -0.2) is 53.2 Å². The number of hydrogen-bond donors (Lipinski definition) is 0. The normalized spacial score (nSPS) is 18.4. The highest BCUT2D eigenvalue weighted by atomic mass is 16.6. The van der Waals surface area contributed by atoms with Crippen LogP contribution in [0.15, 0.2) is 12.3 Å². The van der Waals surface area contributed by atoms with Gasteiger partial charge < -0.3 is 9.64 Å². The van der Waals surface area contributed by atoms with Crippen molar-refractivity contribution >= 4 is 23.7 Å². The monoisotopic (exact) mass is 294 g/mol. The SMILES string of the molecule is O=C1C=CN(CCCCCC(=O)N2CCOC2=O)C(=O)C1. The Morgan fingerprint density at radius 1 is 1.19 bits per heavy atom. The van der Waals surface area contributed by atoms with Crippen LogP contribution < -0.4 is 0 Å². The quantitative estimate of drug-likeness (QED) is 0.535. The molecule has 0 bridgehead atoms. The Kier molecular flexibility index (Phi) is 5.08. The van der Waals surface area contributed by atoms with Crippen LogP contribution in [-0.2, 0) is 19.1 Å². The predicted octanol–water partition coefficient (Wildman–Crippen LogP) is 0.841. The van der Waals surface area contributed by atoms with Gasteiger partial charge in [0.25, 0.3) is 0 Å². The van der Waals surface area contributed by atoms with Crippen molar-refractivity contribution in [3.05, 3.63) is 12.3 Å². The van der Waals surface area contributed by atoms with Crippen molar-refractivity contribution in [2.24, 2.45) is 0 Å². The van der Waals surface area contributed by atoms with E-state index in [0.29, 0.717) is 25.9 Å². The zero-order chi connectivity index (χ0) is 15.2. The summed E-state index contributed by atoms with van der Waals surface area (Å²) in [4.78, 5) is 48.1. The molecule has 2 heterocycles. The molecule has 2 aliphatic heterocycles. The summed E-state index contributed by atoms with van der Waals surface area (Å²) in [5.41, 5.74) is 0. The summed E-state index contributed by atoms with van der Waals surface area (Å²) in [6.07, 6.45) is 4.79. The molecule has 3 amide bonds. The van der Waals surface area contributed by atoms with Crippen molar-refractivity contribution in [1.29, 1.82) is 0 Å². The molecular formula is C14H18N2O5. The van der Waals surface area contributed by atoms with Gasteiger partial charge in [0.2, 0.25) is 11.8 Å². The van der Waals surface area contributed by atoms with Gasteiger partial charge in [0.05, 0.1) is 13.0 Å². The number of ether oxygens (including phenoxy) is 1. The molecule has 21 heavy (non-hydrogen) atoms. The first-order valence-electron chi connectivity index (χ1n) is 7.05. The lowest BCUT2D eigenvalue weighted by Crippen LogP contribution is -2.32. The third-order valence-corrected chi connectivity index (χ3v) is 3.44. The number of carbonyl (C=O) groups excluding carboxylic acids is 4. The highest BCUT2D eigenvalue weighted by Gasteiger charge is 2.27. The van der Waals surface area contributed by atoms with Crippen LogP contribution in [0.3, 0.4) is 0 Å². The Hall–Kier alpha value is -2.18. The predicted molar refractivity (Wildman–Crippen MR) is 72.0 cm³/mol. The van der Waals surface area contributed by atoms with Crippen LogP contribution in [0.1, 0.15) is 32.1 Å². The highest BCUT2D eigenvalue weighted by molar-refractivity contribution is 6.06. The molecule has 0 saturated carbocycles. The summed E-state index contributed by atoms with van der Waals surface area (Å²) in [5, 5.41) is 0. The number of imide groups is 1. The highest BCUT2D eigenvalue weighted by Crippen LogP contribution is 2.11. The summed E-state index contributed by atoms with van der Waals surface area (Å²) in [7, 11) is 0. The number of hydrogen-bond acceptors (Lipinski definition) is 5. The maximum atomic E-state index is 11.7. The van der Waals surface area contributed by atoms with E-state index in [1.165, 1.54) is 17.2 Å². The molecule has 0 aromatic carbocycles. The third-order valence-electron chi connectivity index (χ3n) is 3.44. The molecular weight excluding hydrogens is 276 g/mol. The van der Waals surface area contributed by atoms with Gasteiger partial charge >= 0.3 is 6.09 Å². The van der Waals surface area contributed by atoms with Gasteiger partial charge in [-0.05, 0) is 18.9 Å². The van der Waals surface area contributed by atoms with Crippen molar-refractivity contribution in [2.45, 2.75) is 32.1 Å². The number of carbonyl (C=O) groups is 4. The summed E-state index contributed by atoms with van der Waals surface area (Å²) in [6, 6.07) is 0. The molecule has 0 unspecified atom stereocenters. The smallest absolute Gasteiger partial charge is 0.416 e. The van der Waals surface area contributed by atoms with Gasteiger partial charge in [-0.1, -0.05) is 6.42 Å². The van der Waals surface area contributed by atoms with Gasteiger partial charge in [-0.3, -0.25) is 14.4 Å². The minimum absolute atomic E-state index is 0.0634. The number of allylic oxidation sites excluding steroid dienone is 1. The number of unbranched alkanes of at least 4 members (excludes halogenated alkanes) is 2. The molecule has 0 atom stereocenters. The second-order valence-electron chi connectivity index (χ2n) is 5.02. The zero-order valence-electron chi connectivity index (χ0n) is 11.7. The minimum atomic E-state index is -0.561. The lowest BCUT2D eigenvalue weighted by Gasteiger charge is -2.20. The first-order valence-corrected chi connectivity index (χ1v) is 7.05. The van der Waals surface area contributed by atoms with E-state index in [2.05, 4.69) is 0 Å². The molecule has 1 saturated heterocycles. The van der Waals surface area contributed by atoms with Crippen molar-refractivity contribution in [3.63, 3.8) is 0 Å². The van der Waals surface area contributed by atoms with Crippen molar-refractivity contribution in [3.8, 4) is 0 Å². The van der Waals surface area contributed by atoms with E-state index >= 15 is 0 Å². The number of ketones is 1. The Balaban J connectivity index is 1.61. The number of amides is 3. The zero-order valence-corrected chi connectivity index (χ0v) is 11.7. The fourth-order valence-electron chi connectivity index (χ4n) is 2.26. The maximum absolute atomic E-state index is 11.7. The summed E-state index contributed by atoms with van der Waals surface area (Å²) >= 11 is 0. The van der Waals surface area contributed by atoms with E-state index in [1.54, 1.807) is 0 Å². The van der Waals surface area contributed by atoms with Gasteiger partial charge in [-0.15, -0.1) is 0 Å². The van der Waals surface area contributed by atoms with Crippen molar-refractivity contribution < 1.29 is 23.9 Å². The number of rotatable bonds is 6. The second kappa shape index (κ2) is 7.01. The summed E-state index contributed by atoms with van der Waals surface area (Å²) in [6.45, 7) is 1.15.